The highest BCUT2D eigenvalue weighted by atomic mass is 15.2. The van der Waals surface area contributed by atoms with Crippen molar-refractivity contribution >= 4 is 5.70 Å². The smallest absolute Gasteiger partial charge is 0.0775 e. The summed E-state index contributed by atoms with van der Waals surface area (Å²) in [6.45, 7) is 0. The van der Waals surface area contributed by atoms with E-state index >= 15 is 0 Å². The van der Waals surface area contributed by atoms with Crippen molar-refractivity contribution in [3.8, 4) is 0 Å². The molecule has 0 heterocycles. The molecule has 0 amide bonds. The topological polar surface area (TPSA) is 9.72 Å². The molecule has 0 bridgehead atoms. The summed E-state index contributed by atoms with van der Waals surface area (Å²) in [5.74, 6) is 0. The second kappa shape index (κ2) is 4.65. The highest BCUT2D eigenvalue weighted by Gasteiger charge is 2.34. The predicted molar refractivity (Wildman–Crippen MR) is 77.2 cm³/mol. The van der Waals surface area contributed by atoms with Crippen LogP contribution in [-0.4, -0.2) is 57.0 Å². The number of hydrogen-bond donors (Lipinski definition) is 0. The number of likely N-dealkylation sites (N-methyl/N-ethyl adjacent to an activating group) is 2. The maximum absolute atomic E-state index is 2.28. The third-order valence-electron chi connectivity index (χ3n) is 3.46. The number of hydrogen-bond acceptors (Lipinski definition) is 3. The molecule has 98 valence electrons. The van der Waals surface area contributed by atoms with Crippen molar-refractivity contribution in [2.24, 2.45) is 0 Å². The first-order valence-corrected chi connectivity index (χ1v) is 6.29. The Bertz CT molecular complexity index is 472. The van der Waals surface area contributed by atoms with Gasteiger partial charge in [0.15, 0.2) is 0 Å². The lowest BCUT2D eigenvalue weighted by Gasteiger charge is -2.29. The van der Waals surface area contributed by atoms with Gasteiger partial charge in [-0.2, -0.15) is 0 Å². The van der Waals surface area contributed by atoms with E-state index < -0.39 is 0 Å². The van der Waals surface area contributed by atoms with Gasteiger partial charge in [-0.15, -0.1) is 0 Å². The highest BCUT2D eigenvalue weighted by Crippen LogP contribution is 2.44. The van der Waals surface area contributed by atoms with Gasteiger partial charge in [-0.3, -0.25) is 4.90 Å². The SMILES string of the molecule is CN(C)C1=C(N(C)C)C(N(C)C)c2ccccc21. The average molecular weight is 245 g/mol. The number of benzene rings is 1. The normalized spacial score (nSPS) is 18.3. The fourth-order valence-electron chi connectivity index (χ4n) is 2.81. The van der Waals surface area contributed by atoms with Crippen LogP contribution in [0.4, 0.5) is 0 Å². The molecule has 1 aliphatic carbocycles. The van der Waals surface area contributed by atoms with Crippen LogP contribution in [0.1, 0.15) is 17.2 Å². The molecule has 0 radical (unpaired) electrons. The van der Waals surface area contributed by atoms with E-state index in [-0.39, 0.29) is 0 Å². The van der Waals surface area contributed by atoms with E-state index in [0.717, 1.165) is 0 Å². The van der Waals surface area contributed by atoms with Gasteiger partial charge in [0.05, 0.1) is 17.4 Å². The Morgan fingerprint density at radius 3 is 1.94 bits per heavy atom. The molecule has 0 aromatic heterocycles. The lowest BCUT2D eigenvalue weighted by atomic mass is 10.1. The Morgan fingerprint density at radius 1 is 0.833 bits per heavy atom. The van der Waals surface area contributed by atoms with Gasteiger partial charge in [0, 0.05) is 33.8 Å². The van der Waals surface area contributed by atoms with E-state index in [0.29, 0.717) is 6.04 Å². The van der Waals surface area contributed by atoms with E-state index in [1.165, 1.54) is 22.5 Å². The van der Waals surface area contributed by atoms with E-state index in [1.807, 2.05) is 0 Å². The van der Waals surface area contributed by atoms with Crippen molar-refractivity contribution in [3.05, 3.63) is 41.1 Å². The van der Waals surface area contributed by atoms with Gasteiger partial charge in [-0.1, -0.05) is 24.3 Å². The first-order chi connectivity index (χ1) is 8.45. The van der Waals surface area contributed by atoms with Crippen LogP contribution < -0.4 is 0 Å². The van der Waals surface area contributed by atoms with Crippen molar-refractivity contribution in [2.45, 2.75) is 6.04 Å². The molecule has 1 aromatic rings. The molecule has 0 N–H and O–H groups in total. The third kappa shape index (κ3) is 1.89. The summed E-state index contributed by atoms with van der Waals surface area (Å²) < 4.78 is 0. The summed E-state index contributed by atoms with van der Waals surface area (Å²) in [6.07, 6.45) is 0. The Morgan fingerprint density at radius 2 is 1.44 bits per heavy atom. The Kier molecular flexibility index (Phi) is 3.35. The van der Waals surface area contributed by atoms with E-state index in [1.54, 1.807) is 0 Å². The zero-order chi connectivity index (χ0) is 13.4. The third-order valence-corrected chi connectivity index (χ3v) is 3.46. The van der Waals surface area contributed by atoms with Crippen molar-refractivity contribution in [2.75, 3.05) is 42.3 Å². The second-order valence-electron chi connectivity index (χ2n) is 5.48. The fraction of sp³-hybridized carbons (Fsp3) is 0.467. The van der Waals surface area contributed by atoms with Crippen LogP contribution in [0.3, 0.4) is 0 Å². The Balaban J connectivity index is 2.67. The first kappa shape index (κ1) is 13.0. The van der Waals surface area contributed by atoms with Gasteiger partial charge in [0.25, 0.3) is 0 Å². The molecule has 3 heteroatoms. The summed E-state index contributed by atoms with van der Waals surface area (Å²) in [6, 6.07) is 9.04. The second-order valence-corrected chi connectivity index (χ2v) is 5.48. The van der Waals surface area contributed by atoms with Crippen molar-refractivity contribution < 1.29 is 0 Å². The van der Waals surface area contributed by atoms with Crippen LogP contribution >= 0.6 is 0 Å². The van der Waals surface area contributed by atoms with Gasteiger partial charge in [-0.25, -0.2) is 0 Å². The number of rotatable bonds is 3. The number of nitrogens with zero attached hydrogens (tertiary/aromatic N) is 3. The van der Waals surface area contributed by atoms with Crippen molar-refractivity contribution in [1.29, 1.82) is 0 Å². The minimum atomic E-state index is 0.341. The molecule has 0 spiro atoms. The van der Waals surface area contributed by atoms with E-state index in [9.17, 15) is 0 Å². The van der Waals surface area contributed by atoms with E-state index in [2.05, 4.69) is 81.3 Å². The monoisotopic (exact) mass is 245 g/mol. The van der Waals surface area contributed by atoms with Crippen LogP contribution in [0.5, 0.6) is 0 Å². The Labute approximate surface area is 110 Å². The molecule has 18 heavy (non-hydrogen) atoms. The molecule has 1 aromatic carbocycles. The van der Waals surface area contributed by atoms with Crippen molar-refractivity contribution in [3.63, 3.8) is 0 Å². The molecule has 0 aliphatic heterocycles. The van der Waals surface area contributed by atoms with Gasteiger partial charge in [0.2, 0.25) is 0 Å². The zero-order valence-electron chi connectivity index (χ0n) is 12.2. The van der Waals surface area contributed by atoms with Gasteiger partial charge >= 0.3 is 0 Å². The molecule has 1 unspecified atom stereocenters. The molecule has 0 fully saturated rings. The molecule has 3 nitrogen and oxygen atoms in total. The maximum atomic E-state index is 2.28. The molecule has 1 aliphatic rings. The maximum Gasteiger partial charge on any atom is 0.0775 e. The molecule has 0 saturated carbocycles. The fourth-order valence-corrected chi connectivity index (χ4v) is 2.81. The molecular weight excluding hydrogens is 222 g/mol. The Hall–Kier alpha value is -1.48. The summed E-state index contributed by atoms with van der Waals surface area (Å²) in [7, 11) is 12.8. The lowest BCUT2D eigenvalue weighted by Crippen LogP contribution is -2.28. The molecule has 1 atom stereocenters. The van der Waals surface area contributed by atoms with Crippen LogP contribution in [0.25, 0.3) is 5.70 Å². The largest absolute Gasteiger partial charge is 0.378 e. The first-order valence-electron chi connectivity index (χ1n) is 6.29. The summed E-state index contributed by atoms with van der Waals surface area (Å²) in [4.78, 5) is 6.74. The van der Waals surface area contributed by atoms with Crippen LogP contribution in [0, 0.1) is 0 Å². The summed E-state index contributed by atoms with van der Waals surface area (Å²) in [5, 5.41) is 0. The quantitative estimate of drug-likeness (QED) is 0.807. The molecule has 0 saturated heterocycles. The van der Waals surface area contributed by atoms with Crippen LogP contribution in [0.15, 0.2) is 30.0 Å². The minimum absolute atomic E-state index is 0.341. The molecule has 2 rings (SSSR count). The average Bonchev–Trinajstić information content (AvgIpc) is 2.63. The van der Waals surface area contributed by atoms with Crippen molar-refractivity contribution in [1.82, 2.24) is 14.7 Å². The minimum Gasteiger partial charge on any atom is -0.378 e. The summed E-state index contributed by atoms with van der Waals surface area (Å²) >= 11 is 0. The highest BCUT2D eigenvalue weighted by molar-refractivity contribution is 5.76. The molecular formula is C15H23N3. The van der Waals surface area contributed by atoms with E-state index in [4.69, 9.17) is 0 Å². The van der Waals surface area contributed by atoms with Crippen LogP contribution in [-0.2, 0) is 0 Å². The lowest BCUT2D eigenvalue weighted by molar-refractivity contribution is 0.291. The zero-order valence-corrected chi connectivity index (χ0v) is 12.2. The van der Waals surface area contributed by atoms with Gasteiger partial charge < -0.3 is 9.80 Å². The standard InChI is InChI=1S/C15H23N3/c1-16(2)13-11-9-7-8-10-12(11)14(17(3)4)15(13)18(5)6/h7-10,13H,1-6H3. The van der Waals surface area contributed by atoms with Crippen LogP contribution in [0.2, 0.25) is 0 Å². The number of fused-ring (bicyclic) bond motifs is 1. The van der Waals surface area contributed by atoms with Gasteiger partial charge in [0.1, 0.15) is 0 Å². The predicted octanol–water partition coefficient (Wildman–Crippen LogP) is 2.09. The summed E-state index contributed by atoms with van der Waals surface area (Å²) in [5.41, 5.74) is 5.44. The van der Waals surface area contributed by atoms with Gasteiger partial charge in [-0.05, 0) is 19.7 Å².